The summed E-state index contributed by atoms with van der Waals surface area (Å²) in [6.45, 7) is 1.90. The second-order valence-corrected chi connectivity index (χ2v) is 3.70. The molecular formula is C11H13ClO4. The first kappa shape index (κ1) is 12.6. The lowest BCUT2D eigenvalue weighted by Gasteiger charge is -2.13. The number of carbonyl (C=O) groups is 1. The molecule has 0 aliphatic rings. The van der Waals surface area contributed by atoms with Crippen molar-refractivity contribution < 1.29 is 19.7 Å². The molecule has 0 heterocycles. The van der Waals surface area contributed by atoms with Crippen molar-refractivity contribution in [3.8, 4) is 11.5 Å². The molecule has 0 aliphatic carbocycles. The molecule has 2 N–H and O–H groups in total. The van der Waals surface area contributed by atoms with Crippen molar-refractivity contribution >= 4 is 17.6 Å². The summed E-state index contributed by atoms with van der Waals surface area (Å²) in [4.78, 5) is 11.0. The van der Waals surface area contributed by atoms with Crippen LogP contribution in [-0.4, -0.2) is 23.3 Å². The SMILES string of the molecule is CCCc1c(Cl)c(OC)cc(O)c1C(=O)O. The molecule has 0 saturated carbocycles. The van der Waals surface area contributed by atoms with Gasteiger partial charge in [-0.2, -0.15) is 0 Å². The van der Waals surface area contributed by atoms with Gasteiger partial charge in [-0.15, -0.1) is 0 Å². The summed E-state index contributed by atoms with van der Waals surface area (Å²) >= 11 is 6.01. The number of aromatic hydroxyl groups is 1. The van der Waals surface area contributed by atoms with Gasteiger partial charge in [0.1, 0.15) is 17.1 Å². The average molecular weight is 245 g/mol. The van der Waals surface area contributed by atoms with Gasteiger partial charge in [0.05, 0.1) is 12.1 Å². The Labute approximate surface area is 98.4 Å². The van der Waals surface area contributed by atoms with Crippen molar-refractivity contribution in [2.45, 2.75) is 19.8 Å². The molecule has 4 nitrogen and oxygen atoms in total. The van der Waals surface area contributed by atoms with E-state index in [0.29, 0.717) is 12.0 Å². The number of rotatable bonds is 4. The molecule has 0 amide bonds. The van der Waals surface area contributed by atoms with Crippen LogP contribution in [0.15, 0.2) is 6.07 Å². The zero-order chi connectivity index (χ0) is 12.3. The van der Waals surface area contributed by atoms with E-state index in [0.717, 1.165) is 6.42 Å². The van der Waals surface area contributed by atoms with Crippen LogP contribution in [0, 0.1) is 0 Å². The maximum Gasteiger partial charge on any atom is 0.339 e. The van der Waals surface area contributed by atoms with E-state index in [-0.39, 0.29) is 22.1 Å². The van der Waals surface area contributed by atoms with Gasteiger partial charge in [-0.3, -0.25) is 0 Å². The second-order valence-electron chi connectivity index (χ2n) is 3.32. The standard InChI is InChI=1S/C11H13ClO4/c1-3-4-6-9(11(14)15)7(13)5-8(16-2)10(6)12/h5,13H,3-4H2,1-2H3,(H,14,15). The highest BCUT2D eigenvalue weighted by Gasteiger charge is 2.21. The lowest BCUT2D eigenvalue weighted by Crippen LogP contribution is -2.05. The third-order valence-electron chi connectivity index (χ3n) is 2.24. The van der Waals surface area contributed by atoms with Crippen molar-refractivity contribution in [2.75, 3.05) is 7.11 Å². The van der Waals surface area contributed by atoms with Gasteiger partial charge in [-0.1, -0.05) is 24.9 Å². The van der Waals surface area contributed by atoms with Crippen LogP contribution in [0.4, 0.5) is 0 Å². The Morgan fingerprint density at radius 3 is 2.62 bits per heavy atom. The highest BCUT2D eigenvalue weighted by Crippen LogP contribution is 2.37. The first-order chi connectivity index (χ1) is 7.52. The van der Waals surface area contributed by atoms with Crippen LogP contribution >= 0.6 is 11.6 Å². The molecule has 0 aliphatic heterocycles. The highest BCUT2D eigenvalue weighted by atomic mass is 35.5. The lowest BCUT2D eigenvalue weighted by atomic mass is 10.0. The summed E-state index contributed by atoms with van der Waals surface area (Å²) in [5.74, 6) is -1.23. The van der Waals surface area contributed by atoms with E-state index in [4.69, 9.17) is 21.4 Å². The largest absolute Gasteiger partial charge is 0.507 e. The van der Waals surface area contributed by atoms with Crippen molar-refractivity contribution in [2.24, 2.45) is 0 Å². The summed E-state index contributed by atoms with van der Waals surface area (Å²) in [7, 11) is 1.41. The van der Waals surface area contributed by atoms with Gasteiger partial charge in [-0.05, 0) is 12.0 Å². The topological polar surface area (TPSA) is 66.8 Å². The highest BCUT2D eigenvalue weighted by molar-refractivity contribution is 6.33. The Hall–Kier alpha value is -1.42. The minimum Gasteiger partial charge on any atom is -0.507 e. The third kappa shape index (κ3) is 2.22. The summed E-state index contributed by atoms with van der Waals surface area (Å²) in [6, 6.07) is 1.21. The Bertz CT molecular complexity index is 415. The molecule has 0 unspecified atom stereocenters. The fourth-order valence-electron chi connectivity index (χ4n) is 1.54. The van der Waals surface area contributed by atoms with E-state index < -0.39 is 5.97 Å². The second kappa shape index (κ2) is 5.07. The van der Waals surface area contributed by atoms with Gasteiger partial charge in [0.25, 0.3) is 0 Å². The lowest BCUT2D eigenvalue weighted by molar-refractivity contribution is 0.0692. The van der Waals surface area contributed by atoms with E-state index in [1.165, 1.54) is 13.2 Å². The fourth-order valence-corrected chi connectivity index (χ4v) is 1.87. The normalized spacial score (nSPS) is 10.2. The van der Waals surface area contributed by atoms with Crippen LogP contribution < -0.4 is 4.74 Å². The zero-order valence-corrected chi connectivity index (χ0v) is 9.84. The molecule has 0 aromatic heterocycles. The van der Waals surface area contributed by atoms with Crippen LogP contribution in [0.1, 0.15) is 29.3 Å². The van der Waals surface area contributed by atoms with Crippen LogP contribution in [0.25, 0.3) is 0 Å². The molecule has 0 spiro atoms. The summed E-state index contributed by atoms with van der Waals surface area (Å²) < 4.78 is 4.96. The summed E-state index contributed by atoms with van der Waals surface area (Å²) in [5.41, 5.74) is 0.265. The van der Waals surface area contributed by atoms with E-state index in [9.17, 15) is 9.90 Å². The molecule has 88 valence electrons. The van der Waals surface area contributed by atoms with Gasteiger partial charge in [-0.25, -0.2) is 4.79 Å². The molecule has 0 saturated heterocycles. The van der Waals surface area contributed by atoms with Crippen molar-refractivity contribution in [1.82, 2.24) is 0 Å². The molecule has 1 rings (SSSR count). The number of hydrogen-bond acceptors (Lipinski definition) is 3. The Kier molecular flexibility index (Phi) is 4.01. The van der Waals surface area contributed by atoms with Crippen molar-refractivity contribution in [3.05, 3.63) is 22.2 Å². The van der Waals surface area contributed by atoms with Crippen LogP contribution in [-0.2, 0) is 6.42 Å². The predicted molar refractivity (Wildman–Crippen MR) is 60.6 cm³/mol. The Morgan fingerprint density at radius 1 is 1.56 bits per heavy atom. The van der Waals surface area contributed by atoms with Gasteiger partial charge >= 0.3 is 5.97 Å². The monoisotopic (exact) mass is 244 g/mol. The minimum absolute atomic E-state index is 0.146. The number of phenols is 1. The number of hydrogen-bond donors (Lipinski definition) is 2. The van der Waals surface area contributed by atoms with E-state index in [1.54, 1.807) is 0 Å². The first-order valence-corrected chi connectivity index (χ1v) is 5.22. The molecular weight excluding hydrogens is 232 g/mol. The molecule has 0 radical (unpaired) electrons. The molecule has 0 atom stereocenters. The van der Waals surface area contributed by atoms with Crippen molar-refractivity contribution in [3.63, 3.8) is 0 Å². The van der Waals surface area contributed by atoms with Gasteiger partial charge in [0.2, 0.25) is 0 Å². The maximum absolute atomic E-state index is 11.0. The number of halogens is 1. The van der Waals surface area contributed by atoms with Crippen LogP contribution in [0.3, 0.4) is 0 Å². The number of carboxylic acids is 1. The van der Waals surface area contributed by atoms with Crippen LogP contribution in [0.5, 0.6) is 11.5 Å². The minimum atomic E-state index is -1.19. The fraction of sp³-hybridized carbons (Fsp3) is 0.364. The molecule has 0 bridgehead atoms. The van der Waals surface area contributed by atoms with Gasteiger partial charge in [0.15, 0.2) is 0 Å². The van der Waals surface area contributed by atoms with Gasteiger partial charge in [0, 0.05) is 6.07 Å². The quantitative estimate of drug-likeness (QED) is 0.855. The Balaban J connectivity index is 3.48. The number of ether oxygens (including phenoxy) is 1. The van der Waals surface area contributed by atoms with Gasteiger partial charge < -0.3 is 14.9 Å². The number of methoxy groups -OCH3 is 1. The number of carboxylic acid groups (broad SMARTS) is 1. The number of aromatic carboxylic acids is 1. The molecule has 1 aromatic rings. The molecule has 5 heteroatoms. The van der Waals surface area contributed by atoms with E-state index in [2.05, 4.69) is 0 Å². The average Bonchev–Trinajstić information content (AvgIpc) is 2.22. The third-order valence-corrected chi connectivity index (χ3v) is 2.66. The smallest absolute Gasteiger partial charge is 0.339 e. The predicted octanol–water partition coefficient (Wildman–Crippen LogP) is 2.70. The van der Waals surface area contributed by atoms with E-state index >= 15 is 0 Å². The van der Waals surface area contributed by atoms with E-state index in [1.807, 2.05) is 6.92 Å². The summed E-state index contributed by atoms with van der Waals surface area (Å²) in [5, 5.41) is 18.9. The number of benzene rings is 1. The van der Waals surface area contributed by atoms with Crippen LogP contribution in [0.2, 0.25) is 5.02 Å². The zero-order valence-electron chi connectivity index (χ0n) is 9.08. The summed E-state index contributed by atoms with van der Waals surface area (Å²) in [6.07, 6.45) is 1.21. The molecule has 16 heavy (non-hydrogen) atoms. The molecule has 1 aromatic carbocycles. The first-order valence-electron chi connectivity index (χ1n) is 4.84. The maximum atomic E-state index is 11.0. The Morgan fingerprint density at radius 2 is 2.19 bits per heavy atom. The molecule has 0 fully saturated rings. The van der Waals surface area contributed by atoms with Crippen molar-refractivity contribution in [1.29, 1.82) is 0 Å².